The van der Waals surface area contributed by atoms with Gasteiger partial charge in [0.2, 0.25) is 0 Å². The van der Waals surface area contributed by atoms with E-state index in [2.05, 4.69) is 0 Å². The third-order valence-electron chi connectivity index (χ3n) is 1.91. The van der Waals surface area contributed by atoms with Crippen molar-refractivity contribution >= 4 is 8.07 Å². The topological polar surface area (TPSA) is 0 Å². The van der Waals surface area contributed by atoms with Crippen molar-refractivity contribution in [2.24, 2.45) is 0 Å². The summed E-state index contributed by atoms with van der Waals surface area (Å²) in [6, 6.07) is 0. The molecule has 1 heteroatoms. The van der Waals surface area contributed by atoms with Crippen molar-refractivity contribution in [3.8, 4) is 0 Å². The first-order chi connectivity index (χ1) is 6.96. The van der Waals surface area contributed by atoms with Crippen LogP contribution in [0.25, 0.3) is 0 Å². The second-order valence-electron chi connectivity index (χ2n) is 2.94. The lowest BCUT2D eigenvalue weighted by Gasteiger charge is -2.23. The Hall–Kier alpha value is 0.217. The fraction of sp³-hybridized carbons (Fsp3) is 1.00. The van der Waals surface area contributed by atoms with Crippen LogP contribution in [0.3, 0.4) is 0 Å². The molecule has 0 bridgehead atoms. The SMILES string of the molecule is [2H]C([2H])([2H])[Si](C)(C([2H])([2H])[2H])C1([2H])CCCC1. The molecular formula is C8H18Si. The Kier molecular flexibility index (Phi) is 0.644. The van der Waals surface area contributed by atoms with Crippen molar-refractivity contribution in [2.45, 2.75) is 50.7 Å². The average Bonchev–Trinajstić information content (AvgIpc) is 2.47. The molecule has 54 valence electrons. The molecule has 1 saturated carbocycles. The molecule has 0 unspecified atom stereocenters. The summed E-state index contributed by atoms with van der Waals surface area (Å²) in [5.41, 5.74) is -1.22. The van der Waals surface area contributed by atoms with Gasteiger partial charge in [-0.3, -0.25) is 0 Å². The van der Waals surface area contributed by atoms with Gasteiger partial charge in [0.05, 0.1) is 0 Å². The monoisotopic (exact) mass is 149 g/mol. The highest BCUT2D eigenvalue weighted by molar-refractivity contribution is 6.77. The van der Waals surface area contributed by atoms with Crippen molar-refractivity contribution < 1.29 is 9.60 Å². The van der Waals surface area contributed by atoms with Crippen LogP contribution >= 0.6 is 0 Å². The number of rotatable bonds is 1. The Morgan fingerprint density at radius 2 is 2.00 bits per heavy atom. The summed E-state index contributed by atoms with van der Waals surface area (Å²) < 4.78 is 53.6. The highest BCUT2D eigenvalue weighted by Gasteiger charge is 2.28. The summed E-state index contributed by atoms with van der Waals surface area (Å²) in [7, 11) is -3.68. The van der Waals surface area contributed by atoms with Crippen molar-refractivity contribution in [3.05, 3.63) is 0 Å². The molecule has 0 saturated heterocycles. The molecule has 1 rings (SSSR count). The van der Waals surface area contributed by atoms with Crippen molar-refractivity contribution in [1.82, 2.24) is 0 Å². The normalized spacial score (nSPS) is 40.8. The first-order valence-corrected chi connectivity index (χ1v) is 5.96. The molecule has 0 aromatic carbocycles. The Bertz CT molecular complexity index is 247. The zero-order valence-electron chi connectivity index (χ0n) is 12.8. The lowest BCUT2D eigenvalue weighted by Crippen LogP contribution is -2.25. The van der Waals surface area contributed by atoms with E-state index in [9.17, 15) is 0 Å². The first-order valence-electron chi connectivity index (χ1n) is 6.96. The van der Waals surface area contributed by atoms with Crippen molar-refractivity contribution in [3.63, 3.8) is 0 Å². The van der Waals surface area contributed by atoms with Gasteiger partial charge in [-0.05, 0) is 5.52 Å². The maximum absolute atomic E-state index is 8.29. The van der Waals surface area contributed by atoms with Gasteiger partial charge in [-0.25, -0.2) is 0 Å². The fourth-order valence-corrected chi connectivity index (χ4v) is 2.66. The molecule has 0 aromatic rings. The zero-order valence-corrected chi connectivity index (χ0v) is 6.83. The molecule has 0 aromatic heterocycles. The van der Waals surface area contributed by atoms with Gasteiger partial charge >= 0.3 is 0 Å². The second-order valence-corrected chi connectivity index (χ2v) is 5.89. The molecule has 0 amide bonds. The van der Waals surface area contributed by atoms with Crippen molar-refractivity contribution in [1.29, 1.82) is 0 Å². The highest BCUT2D eigenvalue weighted by atomic mass is 28.3. The molecule has 1 aliphatic rings. The summed E-state index contributed by atoms with van der Waals surface area (Å²) in [6.45, 7) is -3.62. The standard InChI is InChI=1S/C8H18Si/c1-9(2,3)8-6-4-5-7-8/h8H,4-7H2,1-3H3/i1D3,2D3,8D. The molecule has 0 atom stereocenters. The summed E-state index contributed by atoms with van der Waals surface area (Å²) in [6.07, 6.45) is 2.40. The quantitative estimate of drug-likeness (QED) is 0.502. The van der Waals surface area contributed by atoms with Gasteiger partial charge in [-0.1, -0.05) is 45.2 Å². The van der Waals surface area contributed by atoms with E-state index in [1.54, 1.807) is 0 Å². The Labute approximate surface area is 69.5 Å². The van der Waals surface area contributed by atoms with E-state index < -0.39 is 26.5 Å². The van der Waals surface area contributed by atoms with Gasteiger partial charge in [0.1, 0.15) is 0 Å². The van der Waals surface area contributed by atoms with E-state index in [1.165, 1.54) is 6.55 Å². The fourth-order valence-electron chi connectivity index (χ4n) is 1.30. The van der Waals surface area contributed by atoms with Gasteiger partial charge in [0.15, 0.2) is 0 Å². The van der Waals surface area contributed by atoms with Crippen LogP contribution in [-0.4, -0.2) is 8.07 Å². The van der Waals surface area contributed by atoms with Crippen LogP contribution in [0, 0.1) is 0 Å². The molecule has 0 spiro atoms. The van der Waals surface area contributed by atoms with E-state index in [0.717, 1.165) is 12.8 Å². The minimum Gasteiger partial charge on any atom is -0.0693 e. The average molecular weight is 149 g/mol. The molecule has 1 aliphatic carbocycles. The summed E-state index contributed by atoms with van der Waals surface area (Å²) in [5, 5.41) is 0. The number of hydrogen-bond acceptors (Lipinski definition) is 0. The molecule has 1 fully saturated rings. The first kappa shape index (κ1) is 2.37. The molecule has 0 radical (unpaired) electrons. The van der Waals surface area contributed by atoms with Gasteiger partial charge in [0.25, 0.3) is 0 Å². The van der Waals surface area contributed by atoms with Crippen LogP contribution in [0.5, 0.6) is 0 Å². The van der Waals surface area contributed by atoms with E-state index in [-0.39, 0.29) is 0 Å². The van der Waals surface area contributed by atoms with Gasteiger partial charge in [-0.2, -0.15) is 0 Å². The molecule has 9 heavy (non-hydrogen) atoms. The smallest absolute Gasteiger partial charge is 0.0473 e. The third-order valence-corrected chi connectivity index (χ3v) is 3.83. The lowest BCUT2D eigenvalue weighted by atomic mass is 10.4. The Morgan fingerprint density at radius 3 is 2.44 bits per heavy atom. The van der Waals surface area contributed by atoms with Crippen LogP contribution in [0.4, 0.5) is 0 Å². The van der Waals surface area contributed by atoms with Crippen LogP contribution in [0.1, 0.15) is 35.3 Å². The van der Waals surface area contributed by atoms with Crippen LogP contribution in [0.15, 0.2) is 0 Å². The van der Waals surface area contributed by atoms with Crippen LogP contribution in [0.2, 0.25) is 25.0 Å². The molecular weight excluding hydrogens is 124 g/mol. The van der Waals surface area contributed by atoms with E-state index in [0.29, 0.717) is 12.8 Å². The second kappa shape index (κ2) is 2.45. The van der Waals surface area contributed by atoms with Crippen molar-refractivity contribution in [2.75, 3.05) is 0 Å². The molecule has 0 heterocycles. The van der Waals surface area contributed by atoms with Crippen LogP contribution < -0.4 is 0 Å². The summed E-state index contributed by atoms with van der Waals surface area (Å²) in [4.78, 5) is 0. The molecule has 0 N–H and O–H groups in total. The summed E-state index contributed by atoms with van der Waals surface area (Å²) >= 11 is 0. The maximum atomic E-state index is 8.29. The van der Waals surface area contributed by atoms with Gasteiger partial charge in [0, 0.05) is 17.7 Å². The Morgan fingerprint density at radius 1 is 1.44 bits per heavy atom. The largest absolute Gasteiger partial charge is 0.0693 e. The predicted molar refractivity (Wildman–Crippen MR) is 45.6 cm³/mol. The van der Waals surface area contributed by atoms with E-state index in [1.807, 2.05) is 0 Å². The van der Waals surface area contributed by atoms with Crippen LogP contribution in [-0.2, 0) is 0 Å². The van der Waals surface area contributed by atoms with Gasteiger partial charge < -0.3 is 0 Å². The third kappa shape index (κ3) is 1.82. The van der Waals surface area contributed by atoms with E-state index in [4.69, 9.17) is 9.60 Å². The van der Waals surface area contributed by atoms with E-state index >= 15 is 0 Å². The number of hydrogen-bond donors (Lipinski definition) is 0. The lowest BCUT2D eigenvalue weighted by molar-refractivity contribution is 0.839. The zero-order chi connectivity index (χ0) is 12.8. The molecule has 0 nitrogen and oxygen atoms in total. The highest BCUT2D eigenvalue weighted by Crippen LogP contribution is 2.37. The predicted octanol–water partition coefficient (Wildman–Crippen LogP) is 3.27. The summed E-state index contributed by atoms with van der Waals surface area (Å²) in [5.74, 6) is 0. The maximum Gasteiger partial charge on any atom is 0.0473 e. The Balaban J connectivity index is 3.26. The minimum atomic E-state index is -3.68. The molecule has 0 aliphatic heterocycles. The van der Waals surface area contributed by atoms with Gasteiger partial charge in [-0.15, -0.1) is 0 Å². The minimum absolute atomic E-state index is 0.423.